The molecule has 15 heavy (non-hydrogen) atoms. The van der Waals surface area contributed by atoms with Crippen LogP contribution in [-0.2, 0) is 18.3 Å². The van der Waals surface area contributed by atoms with Crippen LogP contribution in [0.5, 0.6) is 0 Å². The lowest BCUT2D eigenvalue weighted by Gasteiger charge is -2.23. The maximum Gasteiger partial charge on any atom is 0.309 e. The maximum atomic E-state index is 11.2. The second-order valence-corrected chi connectivity index (χ2v) is 4.31. The number of rotatable bonds is 5. The summed E-state index contributed by atoms with van der Waals surface area (Å²) in [6, 6.07) is 0. The Kier molecular flexibility index (Phi) is 3.50. The summed E-state index contributed by atoms with van der Waals surface area (Å²) in [7, 11) is 1.83. The third-order valence-corrected chi connectivity index (χ3v) is 2.67. The van der Waals surface area contributed by atoms with E-state index in [1.54, 1.807) is 17.8 Å². The zero-order valence-electron chi connectivity index (χ0n) is 9.53. The molecular weight excluding hydrogens is 192 g/mol. The van der Waals surface area contributed by atoms with Crippen LogP contribution in [0.15, 0.2) is 12.4 Å². The molecule has 0 aromatic carbocycles. The minimum Gasteiger partial charge on any atom is -0.481 e. The van der Waals surface area contributed by atoms with Gasteiger partial charge in [0.1, 0.15) is 0 Å². The number of aliphatic carboxylic acids is 1. The van der Waals surface area contributed by atoms with Crippen molar-refractivity contribution in [3.05, 3.63) is 18.0 Å². The third-order valence-electron chi connectivity index (χ3n) is 2.67. The SMILES string of the molecule is CCCC(C)(Cc1cnn(C)c1)C(=O)O. The highest BCUT2D eigenvalue weighted by Gasteiger charge is 2.32. The number of carboxylic acids is 1. The quantitative estimate of drug-likeness (QED) is 0.807. The molecule has 0 radical (unpaired) electrons. The molecule has 0 saturated heterocycles. The highest BCUT2D eigenvalue weighted by molar-refractivity contribution is 5.74. The molecule has 1 N–H and O–H groups in total. The number of aryl methyl sites for hydroxylation is 1. The van der Waals surface area contributed by atoms with Crippen LogP contribution in [0, 0.1) is 5.41 Å². The molecule has 0 aliphatic rings. The summed E-state index contributed by atoms with van der Waals surface area (Å²) in [5.74, 6) is -0.729. The van der Waals surface area contributed by atoms with Gasteiger partial charge in [0.25, 0.3) is 0 Å². The van der Waals surface area contributed by atoms with Crippen molar-refractivity contribution in [2.75, 3.05) is 0 Å². The summed E-state index contributed by atoms with van der Waals surface area (Å²) >= 11 is 0. The Morgan fingerprint density at radius 2 is 2.33 bits per heavy atom. The van der Waals surface area contributed by atoms with Gasteiger partial charge in [0, 0.05) is 13.2 Å². The molecule has 1 unspecified atom stereocenters. The van der Waals surface area contributed by atoms with Crippen LogP contribution >= 0.6 is 0 Å². The first-order valence-corrected chi connectivity index (χ1v) is 5.19. The minimum absolute atomic E-state index is 0.546. The van der Waals surface area contributed by atoms with E-state index in [-0.39, 0.29) is 0 Å². The smallest absolute Gasteiger partial charge is 0.309 e. The topological polar surface area (TPSA) is 55.1 Å². The van der Waals surface area contributed by atoms with Crippen molar-refractivity contribution in [3.63, 3.8) is 0 Å². The van der Waals surface area contributed by atoms with E-state index in [1.807, 2.05) is 20.2 Å². The van der Waals surface area contributed by atoms with Crippen molar-refractivity contribution in [1.82, 2.24) is 9.78 Å². The van der Waals surface area contributed by atoms with Crippen LogP contribution in [-0.4, -0.2) is 20.9 Å². The Morgan fingerprint density at radius 3 is 2.73 bits per heavy atom. The van der Waals surface area contributed by atoms with E-state index in [1.165, 1.54) is 0 Å². The van der Waals surface area contributed by atoms with Crippen molar-refractivity contribution in [2.45, 2.75) is 33.1 Å². The molecule has 1 aromatic heterocycles. The van der Waals surface area contributed by atoms with E-state index in [2.05, 4.69) is 5.10 Å². The number of carbonyl (C=O) groups is 1. The Hall–Kier alpha value is -1.32. The van der Waals surface area contributed by atoms with E-state index in [4.69, 9.17) is 0 Å². The molecule has 1 rings (SSSR count). The zero-order chi connectivity index (χ0) is 11.5. The maximum absolute atomic E-state index is 11.2. The first-order chi connectivity index (χ1) is 6.98. The van der Waals surface area contributed by atoms with Crippen molar-refractivity contribution in [2.24, 2.45) is 12.5 Å². The summed E-state index contributed by atoms with van der Waals surface area (Å²) in [4.78, 5) is 11.2. The van der Waals surface area contributed by atoms with Crippen LogP contribution in [0.1, 0.15) is 32.3 Å². The van der Waals surface area contributed by atoms with Gasteiger partial charge in [-0.05, 0) is 25.3 Å². The van der Waals surface area contributed by atoms with Crippen molar-refractivity contribution >= 4 is 5.97 Å². The van der Waals surface area contributed by atoms with Gasteiger partial charge in [0.15, 0.2) is 0 Å². The number of carboxylic acid groups (broad SMARTS) is 1. The molecular formula is C11H18N2O2. The van der Waals surface area contributed by atoms with Crippen LogP contribution in [0.4, 0.5) is 0 Å². The van der Waals surface area contributed by atoms with Crippen molar-refractivity contribution in [3.8, 4) is 0 Å². The highest BCUT2D eigenvalue weighted by atomic mass is 16.4. The van der Waals surface area contributed by atoms with Gasteiger partial charge in [-0.2, -0.15) is 5.10 Å². The molecule has 0 amide bonds. The third kappa shape index (κ3) is 2.81. The second-order valence-electron chi connectivity index (χ2n) is 4.31. The van der Waals surface area contributed by atoms with E-state index in [0.29, 0.717) is 12.8 Å². The fraction of sp³-hybridized carbons (Fsp3) is 0.636. The summed E-state index contributed by atoms with van der Waals surface area (Å²) in [6.45, 7) is 3.80. The van der Waals surface area contributed by atoms with Gasteiger partial charge in [0.05, 0.1) is 11.6 Å². The Labute approximate surface area is 89.9 Å². The normalized spacial score (nSPS) is 14.9. The fourth-order valence-electron chi connectivity index (χ4n) is 1.84. The molecule has 0 aliphatic carbocycles. The molecule has 84 valence electrons. The molecule has 0 saturated carbocycles. The molecule has 0 spiro atoms. The van der Waals surface area contributed by atoms with Crippen LogP contribution in [0.2, 0.25) is 0 Å². The average molecular weight is 210 g/mol. The first kappa shape index (κ1) is 11.8. The number of nitrogens with zero attached hydrogens (tertiary/aromatic N) is 2. The predicted octanol–water partition coefficient (Wildman–Crippen LogP) is 1.85. The van der Waals surface area contributed by atoms with Gasteiger partial charge in [-0.3, -0.25) is 9.48 Å². The summed E-state index contributed by atoms with van der Waals surface area (Å²) in [5, 5.41) is 13.2. The van der Waals surface area contributed by atoms with E-state index in [0.717, 1.165) is 12.0 Å². The standard InChI is InChI=1S/C11H18N2O2/c1-4-5-11(2,10(14)15)6-9-7-12-13(3)8-9/h7-8H,4-6H2,1-3H3,(H,14,15). The molecule has 0 aliphatic heterocycles. The largest absolute Gasteiger partial charge is 0.481 e. The lowest BCUT2D eigenvalue weighted by atomic mass is 9.80. The number of hydrogen-bond acceptors (Lipinski definition) is 2. The molecule has 1 aromatic rings. The summed E-state index contributed by atoms with van der Waals surface area (Å²) < 4.78 is 1.70. The predicted molar refractivity (Wildman–Crippen MR) is 57.6 cm³/mol. The van der Waals surface area contributed by atoms with E-state index < -0.39 is 11.4 Å². The second kappa shape index (κ2) is 4.47. The zero-order valence-corrected chi connectivity index (χ0v) is 9.53. The Bertz CT molecular complexity index is 346. The van der Waals surface area contributed by atoms with Crippen LogP contribution < -0.4 is 0 Å². The lowest BCUT2D eigenvalue weighted by molar-refractivity contribution is -0.148. The van der Waals surface area contributed by atoms with Crippen molar-refractivity contribution < 1.29 is 9.90 Å². The van der Waals surface area contributed by atoms with Gasteiger partial charge in [-0.25, -0.2) is 0 Å². The average Bonchev–Trinajstić information content (AvgIpc) is 2.51. The molecule has 1 atom stereocenters. The van der Waals surface area contributed by atoms with Gasteiger partial charge in [-0.1, -0.05) is 13.3 Å². The van der Waals surface area contributed by atoms with Crippen LogP contribution in [0.25, 0.3) is 0 Å². The molecule has 1 heterocycles. The Morgan fingerprint density at radius 1 is 1.67 bits per heavy atom. The lowest BCUT2D eigenvalue weighted by Crippen LogP contribution is -2.29. The summed E-state index contributed by atoms with van der Waals surface area (Å²) in [6.07, 6.45) is 5.72. The van der Waals surface area contributed by atoms with Gasteiger partial charge in [-0.15, -0.1) is 0 Å². The van der Waals surface area contributed by atoms with Gasteiger partial charge < -0.3 is 5.11 Å². The first-order valence-electron chi connectivity index (χ1n) is 5.19. The fourth-order valence-corrected chi connectivity index (χ4v) is 1.84. The van der Waals surface area contributed by atoms with Crippen molar-refractivity contribution in [1.29, 1.82) is 0 Å². The van der Waals surface area contributed by atoms with E-state index >= 15 is 0 Å². The molecule has 4 heteroatoms. The molecule has 4 nitrogen and oxygen atoms in total. The van der Waals surface area contributed by atoms with Gasteiger partial charge in [0.2, 0.25) is 0 Å². The molecule has 0 fully saturated rings. The summed E-state index contributed by atoms with van der Waals surface area (Å²) in [5.41, 5.74) is 0.313. The van der Waals surface area contributed by atoms with Crippen LogP contribution in [0.3, 0.4) is 0 Å². The number of aromatic nitrogens is 2. The molecule has 0 bridgehead atoms. The van der Waals surface area contributed by atoms with E-state index in [9.17, 15) is 9.90 Å². The monoisotopic (exact) mass is 210 g/mol. The Balaban J connectivity index is 2.79. The minimum atomic E-state index is -0.729. The highest BCUT2D eigenvalue weighted by Crippen LogP contribution is 2.28. The number of hydrogen-bond donors (Lipinski definition) is 1. The van der Waals surface area contributed by atoms with Gasteiger partial charge >= 0.3 is 5.97 Å².